The standard InChI is InChI=1S/C20H22N2O2/c1-24-19(23)13-16-10-6-11-17-14-21-18(22-20(16)17)12-5-9-15-7-3-2-4-8-15/h2-4,7-8,13-14H,5-6,9-12H2,1H3/b16-13+. The van der Waals surface area contributed by atoms with E-state index >= 15 is 0 Å². The third-order valence-corrected chi connectivity index (χ3v) is 4.31. The zero-order chi connectivity index (χ0) is 16.8. The smallest absolute Gasteiger partial charge is 0.330 e. The quantitative estimate of drug-likeness (QED) is 0.624. The Morgan fingerprint density at radius 2 is 2.04 bits per heavy atom. The molecule has 0 bridgehead atoms. The molecule has 0 amide bonds. The van der Waals surface area contributed by atoms with Crippen molar-refractivity contribution in [3.63, 3.8) is 0 Å². The lowest BCUT2D eigenvalue weighted by Gasteiger charge is -2.18. The second kappa shape index (κ2) is 7.86. The van der Waals surface area contributed by atoms with Crippen molar-refractivity contribution in [3.8, 4) is 0 Å². The van der Waals surface area contributed by atoms with Crippen LogP contribution in [0.25, 0.3) is 5.57 Å². The van der Waals surface area contributed by atoms with E-state index < -0.39 is 0 Å². The van der Waals surface area contributed by atoms with Gasteiger partial charge in [0.2, 0.25) is 0 Å². The van der Waals surface area contributed by atoms with Gasteiger partial charge in [-0.2, -0.15) is 0 Å². The minimum Gasteiger partial charge on any atom is -0.466 e. The minimum atomic E-state index is -0.318. The first kappa shape index (κ1) is 16.4. The van der Waals surface area contributed by atoms with Gasteiger partial charge in [-0.25, -0.2) is 14.8 Å². The molecule has 1 aliphatic rings. The van der Waals surface area contributed by atoms with Crippen LogP contribution < -0.4 is 0 Å². The number of hydrogen-bond acceptors (Lipinski definition) is 4. The lowest BCUT2D eigenvalue weighted by Crippen LogP contribution is -2.10. The summed E-state index contributed by atoms with van der Waals surface area (Å²) >= 11 is 0. The fraction of sp³-hybridized carbons (Fsp3) is 0.350. The molecule has 1 aromatic carbocycles. The highest BCUT2D eigenvalue weighted by molar-refractivity contribution is 5.91. The zero-order valence-corrected chi connectivity index (χ0v) is 14.0. The second-order valence-corrected chi connectivity index (χ2v) is 6.05. The van der Waals surface area contributed by atoms with Crippen molar-refractivity contribution in [1.29, 1.82) is 0 Å². The molecule has 124 valence electrons. The van der Waals surface area contributed by atoms with Crippen molar-refractivity contribution < 1.29 is 9.53 Å². The van der Waals surface area contributed by atoms with Crippen molar-refractivity contribution in [2.24, 2.45) is 0 Å². The highest BCUT2D eigenvalue weighted by Gasteiger charge is 2.18. The van der Waals surface area contributed by atoms with Crippen LogP contribution in [0.2, 0.25) is 0 Å². The number of aryl methyl sites for hydroxylation is 3. The number of methoxy groups -OCH3 is 1. The molecular weight excluding hydrogens is 300 g/mol. The fourth-order valence-electron chi connectivity index (χ4n) is 3.05. The molecule has 1 aliphatic carbocycles. The molecule has 0 aliphatic heterocycles. The molecule has 2 aromatic rings. The Kier molecular flexibility index (Phi) is 5.36. The van der Waals surface area contributed by atoms with Gasteiger partial charge in [0.1, 0.15) is 5.82 Å². The van der Waals surface area contributed by atoms with E-state index in [1.165, 1.54) is 12.7 Å². The molecule has 24 heavy (non-hydrogen) atoms. The van der Waals surface area contributed by atoms with Crippen molar-refractivity contribution in [2.45, 2.75) is 38.5 Å². The molecule has 0 saturated heterocycles. The van der Waals surface area contributed by atoms with Gasteiger partial charge in [0.25, 0.3) is 0 Å². The number of carbonyl (C=O) groups excluding carboxylic acids is 1. The number of carbonyl (C=O) groups is 1. The van der Waals surface area contributed by atoms with Gasteiger partial charge in [0.05, 0.1) is 12.8 Å². The van der Waals surface area contributed by atoms with E-state index in [-0.39, 0.29) is 5.97 Å². The first-order chi connectivity index (χ1) is 11.8. The Morgan fingerprint density at radius 1 is 1.21 bits per heavy atom. The molecule has 4 heteroatoms. The fourth-order valence-corrected chi connectivity index (χ4v) is 3.05. The molecule has 0 atom stereocenters. The number of rotatable bonds is 5. The van der Waals surface area contributed by atoms with E-state index in [1.54, 1.807) is 6.08 Å². The number of ether oxygens (including phenoxy) is 1. The maximum atomic E-state index is 11.6. The summed E-state index contributed by atoms with van der Waals surface area (Å²) in [6.45, 7) is 0. The topological polar surface area (TPSA) is 52.1 Å². The van der Waals surface area contributed by atoms with Crippen LogP contribution in [0, 0.1) is 0 Å². The van der Waals surface area contributed by atoms with Gasteiger partial charge >= 0.3 is 5.97 Å². The van der Waals surface area contributed by atoms with Gasteiger partial charge in [-0.15, -0.1) is 0 Å². The third-order valence-electron chi connectivity index (χ3n) is 4.31. The summed E-state index contributed by atoms with van der Waals surface area (Å²) in [6.07, 6.45) is 9.22. The maximum absolute atomic E-state index is 11.6. The highest BCUT2D eigenvalue weighted by atomic mass is 16.5. The number of benzene rings is 1. The van der Waals surface area contributed by atoms with Crippen molar-refractivity contribution in [3.05, 3.63) is 65.2 Å². The molecule has 0 fully saturated rings. The van der Waals surface area contributed by atoms with Gasteiger partial charge in [0.15, 0.2) is 0 Å². The summed E-state index contributed by atoms with van der Waals surface area (Å²) in [5, 5.41) is 0. The highest BCUT2D eigenvalue weighted by Crippen LogP contribution is 2.29. The van der Waals surface area contributed by atoms with E-state index in [0.717, 1.165) is 61.2 Å². The molecule has 0 spiro atoms. The molecule has 0 radical (unpaired) electrons. The van der Waals surface area contributed by atoms with Crippen LogP contribution in [-0.2, 0) is 28.8 Å². The predicted octanol–water partition coefficient (Wildman–Crippen LogP) is 3.54. The lowest BCUT2D eigenvalue weighted by atomic mass is 9.92. The Morgan fingerprint density at radius 3 is 2.83 bits per heavy atom. The first-order valence-corrected chi connectivity index (χ1v) is 8.44. The first-order valence-electron chi connectivity index (χ1n) is 8.44. The van der Waals surface area contributed by atoms with Crippen LogP contribution in [0.15, 0.2) is 42.6 Å². The summed E-state index contributed by atoms with van der Waals surface area (Å²) in [5.41, 5.74) is 4.36. The average molecular weight is 322 g/mol. The van der Waals surface area contributed by atoms with E-state index in [4.69, 9.17) is 9.72 Å². The molecule has 0 unspecified atom stereocenters. The monoisotopic (exact) mass is 322 g/mol. The second-order valence-electron chi connectivity index (χ2n) is 6.05. The number of aromatic nitrogens is 2. The average Bonchev–Trinajstić information content (AvgIpc) is 2.63. The summed E-state index contributed by atoms with van der Waals surface area (Å²) in [4.78, 5) is 20.8. The van der Waals surface area contributed by atoms with Crippen LogP contribution in [-0.4, -0.2) is 23.0 Å². The van der Waals surface area contributed by atoms with E-state index in [1.807, 2.05) is 12.3 Å². The Labute approximate surface area is 142 Å². The predicted molar refractivity (Wildman–Crippen MR) is 93.4 cm³/mol. The molecule has 3 rings (SSSR count). The third kappa shape index (κ3) is 4.07. The summed E-state index contributed by atoms with van der Waals surface area (Å²) in [5.74, 6) is 0.532. The summed E-state index contributed by atoms with van der Waals surface area (Å²) < 4.78 is 4.75. The van der Waals surface area contributed by atoms with E-state index in [2.05, 4.69) is 29.2 Å². The van der Waals surface area contributed by atoms with Crippen molar-refractivity contribution in [2.75, 3.05) is 7.11 Å². The Balaban J connectivity index is 1.71. The van der Waals surface area contributed by atoms with Crippen LogP contribution in [0.5, 0.6) is 0 Å². The normalized spacial score (nSPS) is 15.1. The van der Waals surface area contributed by atoms with E-state index in [9.17, 15) is 4.79 Å². The number of allylic oxidation sites excluding steroid dienone is 1. The van der Waals surface area contributed by atoms with Gasteiger partial charge in [-0.3, -0.25) is 0 Å². The number of esters is 1. The van der Waals surface area contributed by atoms with Crippen LogP contribution in [0.3, 0.4) is 0 Å². The Bertz CT molecular complexity index is 739. The maximum Gasteiger partial charge on any atom is 0.330 e. The lowest BCUT2D eigenvalue weighted by molar-refractivity contribution is -0.134. The molecule has 4 nitrogen and oxygen atoms in total. The zero-order valence-electron chi connectivity index (χ0n) is 14.0. The summed E-state index contributed by atoms with van der Waals surface area (Å²) in [6, 6.07) is 10.4. The number of fused-ring (bicyclic) bond motifs is 1. The largest absolute Gasteiger partial charge is 0.466 e. The molecule has 0 saturated carbocycles. The van der Waals surface area contributed by atoms with Gasteiger partial charge < -0.3 is 4.74 Å². The SMILES string of the molecule is COC(=O)/C=C1\CCCc2cnc(CCCc3ccccc3)nc21. The number of hydrogen-bond donors (Lipinski definition) is 0. The number of nitrogens with zero attached hydrogens (tertiary/aromatic N) is 2. The van der Waals surface area contributed by atoms with E-state index in [0.29, 0.717) is 0 Å². The molecule has 1 heterocycles. The minimum absolute atomic E-state index is 0.318. The molecule has 1 aromatic heterocycles. The van der Waals surface area contributed by atoms with Gasteiger partial charge in [-0.05, 0) is 48.8 Å². The van der Waals surface area contributed by atoms with Crippen LogP contribution >= 0.6 is 0 Å². The van der Waals surface area contributed by atoms with Crippen LogP contribution in [0.1, 0.15) is 41.9 Å². The molecule has 0 N–H and O–H groups in total. The van der Waals surface area contributed by atoms with Crippen molar-refractivity contribution >= 4 is 11.5 Å². The van der Waals surface area contributed by atoms with Crippen molar-refractivity contribution in [1.82, 2.24) is 9.97 Å². The molecular formula is C20H22N2O2. The Hall–Kier alpha value is -2.49. The summed E-state index contributed by atoms with van der Waals surface area (Å²) in [7, 11) is 1.40. The van der Waals surface area contributed by atoms with Crippen LogP contribution in [0.4, 0.5) is 0 Å². The van der Waals surface area contributed by atoms with Gasteiger partial charge in [0, 0.05) is 18.7 Å². The van der Waals surface area contributed by atoms with Gasteiger partial charge in [-0.1, -0.05) is 30.3 Å².